The Balaban J connectivity index is 0.00000312. The molecule has 25 heavy (non-hydrogen) atoms. The number of aliphatic imine (C=N–C) groups is 1. The number of nitrogens with zero attached hydrogens (tertiary/aromatic N) is 2. The highest BCUT2D eigenvalue weighted by molar-refractivity contribution is 14.0. The second-order valence-electron chi connectivity index (χ2n) is 6.66. The van der Waals surface area contributed by atoms with E-state index in [0.717, 1.165) is 31.5 Å². The molecule has 5 heteroatoms. The summed E-state index contributed by atoms with van der Waals surface area (Å²) in [6.45, 7) is 13.9. The monoisotopic (exact) mass is 456 g/mol. The molecule has 1 fully saturated rings. The van der Waals surface area contributed by atoms with E-state index in [-0.39, 0.29) is 24.0 Å². The van der Waals surface area contributed by atoms with Crippen molar-refractivity contribution >= 4 is 29.9 Å². The Morgan fingerprint density at radius 2 is 2.00 bits per heavy atom. The van der Waals surface area contributed by atoms with E-state index in [2.05, 4.69) is 65.2 Å². The third-order valence-corrected chi connectivity index (χ3v) is 4.35. The van der Waals surface area contributed by atoms with Crippen molar-refractivity contribution in [3.63, 3.8) is 0 Å². The highest BCUT2D eigenvalue weighted by Gasteiger charge is 2.15. The average molecular weight is 456 g/mol. The van der Waals surface area contributed by atoms with E-state index in [1.807, 2.05) is 6.08 Å². The van der Waals surface area contributed by atoms with Gasteiger partial charge in [-0.3, -0.25) is 4.90 Å². The van der Waals surface area contributed by atoms with Gasteiger partial charge in [-0.25, -0.2) is 4.99 Å². The van der Waals surface area contributed by atoms with Crippen LogP contribution >= 0.6 is 24.0 Å². The fourth-order valence-electron chi connectivity index (χ4n) is 3.12. The molecule has 0 radical (unpaired) electrons. The Morgan fingerprint density at radius 1 is 1.28 bits per heavy atom. The number of rotatable bonds is 7. The van der Waals surface area contributed by atoms with E-state index in [1.165, 1.54) is 37.1 Å². The lowest BCUT2D eigenvalue weighted by Crippen LogP contribution is -2.37. The molecule has 4 nitrogen and oxygen atoms in total. The van der Waals surface area contributed by atoms with Gasteiger partial charge in [0.2, 0.25) is 0 Å². The van der Waals surface area contributed by atoms with Crippen LogP contribution in [0.3, 0.4) is 0 Å². The number of hydrogen-bond donors (Lipinski definition) is 2. The van der Waals surface area contributed by atoms with Crippen molar-refractivity contribution in [1.82, 2.24) is 15.5 Å². The molecule has 1 heterocycles. The fraction of sp³-hybridized carbons (Fsp3) is 0.550. The summed E-state index contributed by atoms with van der Waals surface area (Å²) < 4.78 is 0. The Labute approximate surface area is 170 Å². The van der Waals surface area contributed by atoms with Crippen molar-refractivity contribution < 1.29 is 0 Å². The summed E-state index contributed by atoms with van der Waals surface area (Å²) in [5.74, 6) is 1.67. The summed E-state index contributed by atoms with van der Waals surface area (Å²) in [6, 6.07) is 8.88. The van der Waals surface area contributed by atoms with Gasteiger partial charge in [-0.2, -0.15) is 0 Å². The van der Waals surface area contributed by atoms with Gasteiger partial charge in [0.25, 0.3) is 0 Å². The molecule has 1 aliphatic rings. The maximum absolute atomic E-state index is 4.61. The Hall–Kier alpha value is -1.08. The van der Waals surface area contributed by atoms with Gasteiger partial charge in [0.15, 0.2) is 5.96 Å². The van der Waals surface area contributed by atoms with Crippen LogP contribution in [0, 0.1) is 5.92 Å². The minimum Gasteiger partial charge on any atom is -0.357 e. The number of nitrogens with one attached hydrogen (secondary N) is 2. The van der Waals surface area contributed by atoms with Crippen LogP contribution in [-0.2, 0) is 13.1 Å². The van der Waals surface area contributed by atoms with E-state index in [4.69, 9.17) is 0 Å². The van der Waals surface area contributed by atoms with Crippen molar-refractivity contribution in [1.29, 1.82) is 0 Å². The van der Waals surface area contributed by atoms with Gasteiger partial charge in [-0.1, -0.05) is 37.3 Å². The largest absolute Gasteiger partial charge is 0.357 e. The lowest BCUT2D eigenvalue weighted by Gasteiger charge is -2.30. The highest BCUT2D eigenvalue weighted by Crippen LogP contribution is 2.18. The zero-order chi connectivity index (χ0) is 17.2. The van der Waals surface area contributed by atoms with E-state index < -0.39 is 0 Å². The lowest BCUT2D eigenvalue weighted by atomic mass is 9.99. The smallest absolute Gasteiger partial charge is 0.191 e. The number of halogens is 1. The molecule has 1 unspecified atom stereocenters. The van der Waals surface area contributed by atoms with Crippen LogP contribution in [-0.4, -0.2) is 37.0 Å². The second kappa shape index (κ2) is 12.3. The van der Waals surface area contributed by atoms with Crippen LogP contribution in [0.4, 0.5) is 0 Å². The Bertz CT molecular complexity index is 527. The van der Waals surface area contributed by atoms with E-state index >= 15 is 0 Å². The van der Waals surface area contributed by atoms with Gasteiger partial charge in [0.1, 0.15) is 0 Å². The van der Waals surface area contributed by atoms with Gasteiger partial charge < -0.3 is 10.6 Å². The van der Waals surface area contributed by atoms with Gasteiger partial charge in [0, 0.05) is 26.2 Å². The van der Waals surface area contributed by atoms with Gasteiger partial charge in [-0.05, 0) is 43.4 Å². The average Bonchev–Trinajstić information content (AvgIpc) is 2.59. The number of guanidine groups is 1. The van der Waals surface area contributed by atoms with Crippen molar-refractivity contribution in [3.8, 4) is 0 Å². The number of piperidine rings is 1. The molecular weight excluding hydrogens is 423 g/mol. The lowest BCUT2D eigenvalue weighted by molar-refractivity contribution is 0.176. The molecule has 1 aliphatic heterocycles. The summed E-state index contributed by atoms with van der Waals surface area (Å²) in [5, 5.41) is 6.47. The predicted molar refractivity (Wildman–Crippen MR) is 119 cm³/mol. The Kier molecular flexibility index (Phi) is 10.8. The first kappa shape index (κ1) is 22.0. The normalized spacial score (nSPS) is 18.3. The standard InChI is InChI=1S/C20H32N4.HI/c1-4-12-22-20(21-5-2)23-14-18-8-10-19(11-9-18)16-24-13-6-7-17(3)15-24;/h4,8-11,17H,1,5-7,12-16H2,2-3H3,(H2,21,22,23);1H. The maximum atomic E-state index is 4.61. The quantitative estimate of drug-likeness (QED) is 0.284. The van der Waals surface area contributed by atoms with Crippen molar-refractivity contribution in [2.75, 3.05) is 26.2 Å². The molecule has 0 saturated carbocycles. The summed E-state index contributed by atoms with van der Waals surface area (Å²) in [6.07, 6.45) is 4.55. The van der Waals surface area contributed by atoms with Gasteiger partial charge in [0.05, 0.1) is 6.54 Å². The molecule has 2 rings (SSSR count). The van der Waals surface area contributed by atoms with Crippen LogP contribution < -0.4 is 10.6 Å². The number of hydrogen-bond acceptors (Lipinski definition) is 2. The molecule has 2 N–H and O–H groups in total. The molecule has 1 aromatic rings. The van der Waals surface area contributed by atoms with Crippen LogP contribution in [0.2, 0.25) is 0 Å². The maximum Gasteiger partial charge on any atom is 0.191 e. The summed E-state index contributed by atoms with van der Waals surface area (Å²) in [4.78, 5) is 7.19. The minimum atomic E-state index is 0. The van der Waals surface area contributed by atoms with Gasteiger partial charge >= 0.3 is 0 Å². The highest BCUT2D eigenvalue weighted by atomic mass is 127. The zero-order valence-corrected chi connectivity index (χ0v) is 18.0. The molecule has 0 amide bonds. The first-order chi connectivity index (χ1) is 11.7. The first-order valence-corrected chi connectivity index (χ1v) is 9.14. The molecule has 0 spiro atoms. The molecule has 0 aromatic heterocycles. The van der Waals surface area contributed by atoms with E-state index in [0.29, 0.717) is 6.54 Å². The van der Waals surface area contributed by atoms with E-state index in [9.17, 15) is 0 Å². The third-order valence-electron chi connectivity index (χ3n) is 4.35. The molecule has 0 aliphatic carbocycles. The van der Waals surface area contributed by atoms with Crippen molar-refractivity contribution in [2.24, 2.45) is 10.9 Å². The fourth-order valence-corrected chi connectivity index (χ4v) is 3.12. The van der Waals surface area contributed by atoms with Crippen LogP contribution in [0.5, 0.6) is 0 Å². The number of likely N-dealkylation sites (tertiary alicyclic amines) is 1. The molecule has 1 saturated heterocycles. The van der Waals surface area contributed by atoms with Crippen molar-refractivity contribution in [3.05, 3.63) is 48.0 Å². The molecule has 0 bridgehead atoms. The molecule has 1 atom stereocenters. The van der Waals surface area contributed by atoms with Crippen molar-refractivity contribution in [2.45, 2.75) is 39.8 Å². The molecule has 140 valence electrons. The minimum absolute atomic E-state index is 0. The zero-order valence-electron chi connectivity index (χ0n) is 15.6. The second-order valence-corrected chi connectivity index (χ2v) is 6.66. The van der Waals surface area contributed by atoms with Crippen LogP contribution in [0.25, 0.3) is 0 Å². The summed E-state index contributed by atoms with van der Waals surface area (Å²) in [7, 11) is 0. The summed E-state index contributed by atoms with van der Waals surface area (Å²) in [5.41, 5.74) is 2.63. The third kappa shape index (κ3) is 8.23. The number of benzene rings is 1. The topological polar surface area (TPSA) is 39.7 Å². The summed E-state index contributed by atoms with van der Waals surface area (Å²) >= 11 is 0. The molecule has 1 aromatic carbocycles. The Morgan fingerprint density at radius 3 is 2.64 bits per heavy atom. The van der Waals surface area contributed by atoms with Gasteiger partial charge in [-0.15, -0.1) is 30.6 Å². The predicted octanol–water partition coefficient (Wildman–Crippen LogP) is 3.78. The van der Waals surface area contributed by atoms with Crippen LogP contribution in [0.1, 0.15) is 37.8 Å². The SMILES string of the molecule is C=CCNC(=NCc1ccc(CN2CCCC(C)C2)cc1)NCC.I. The molecular formula is C20H33IN4. The van der Waals surface area contributed by atoms with E-state index in [1.54, 1.807) is 0 Å². The first-order valence-electron chi connectivity index (χ1n) is 9.14. The van der Waals surface area contributed by atoms with Crippen LogP contribution in [0.15, 0.2) is 41.9 Å².